The van der Waals surface area contributed by atoms with Crippen LogP contribution in [0.4, 0.5) is 0 Å². The molecule has 2 aromatic rings. The zero-order valence-corrected chi connectivity index (χ0v) is 15.2. The van der Waals surface area contributed by atoms with Crippen LogP contribution in [0.2, 0.25) is 0 Å². The SMILES string of the molecule is CCn1cc([C@H]2OCC[C@H]2CNCc2ccc(OC)cc2OC)cn1. The third-order valence-corrected chi connectivity index (χ3v) is 4.74. The molecule has 0 aliphatic carbocycles. The van der Waals surface area contributed by atoms with Crippen LogP contribution in [0.5, 0.6) is 11.5 Å². The number of methoxy groups -OCH3 is 2. The largest absolute Gasteiger partial charge is 0.497 e. The molecule has 0 radical (unpaired) electrons. The summed E-state index contributed by atoms with van der Waals surface area (Å²) >= 11 is 0. The van der Waals surface area contributed by atoms with Gasteiger partial charge in [0.25, 0.3) is 0 Å². The molecule has 136 valence electrons. The van der Waals surface area contributed by atoms with Gasteiger partial charge in [0.15, 0.2) is 0 Å². The number of hydrogen-bond acceptors (Lipinski definition) is 5. The maximum absolute atomic E-state index is 5.95. The van der Waals surface area contributed by atoms with E-state index in [1.807, 2.05) is 29.1 Å². The van der Waals surface area contributed by atoms with Crippen LogP contribution in [0.25, 0.3) is 0 Å². The molecule has 6 heteroatoms. The van der Waals surface area contributed by atoms with E-state index < -0.39 is 0 Å². The predicted octanol–water partition coefficient (Wildman–Crippen LogP) is 2.79. The lowest BCUT2D eigenvalue weighted by Crippen LogP contribution is -2.24. The molecule has 3 rings (SSSR count). The molecule has 0 spiro atoms. The fourth-order valence-electron chi connectivity index (χ4n) is 3.30. The van der Waals surface area contributed by atoms with E-state index in [0.717, 1.165) is 49.7 Å². The van der Waals surface area contributed by atoms with Crippen LogP contribution in [0.3, 0.4) is 0 Å². The highest BCUT2D eigenvalue weighted by Gasteiger charge is 2.30. The molecule has 1 saturated heterocycles. The Morgan fingerprint density at radius 3 is 2.92 bits per heavy atom. The Kier molecular flexibility index (Phi) is 5.94. The van der Waals surface area contributed by atoms with Crippen molar-refractivity contribution < 1.29 is 14.2 Å². The zero-order valence-electron chi connectivity index (χ0n) is 15.2. The van der Waals surface area contributed by atoms with Gasteiger partial charge < -0.3 is 19.5 Å². The number of nitrogens with zero attached hydrogens (tertiary/aromatic N) is 2. The summed E-state index contributed by atoms with van der Waals surface area (Å²) in [6, 6.07) is 5.91. The van der Waals surface area contributed by atoms with E-state index in [2.05, 4.69) is 23.5 Å². The second-order valence-electron chi connectivity index (χ2n) is 6.28. The molecule has 2 heterocycles. The van der Waals surface area contributed by atoms with Crippen LogP contribution in [0.1, 0.15) is 30.6 Å². The van der Waals surface area contributed by atoms with Gasteiger partial charge in [-0.25, -0.2) is 0 Å². The normalized spacial score (nSPS) is 20.0. The molecule has 6 nitrogen and oxygen atoms in total. The number of nitrogens with one attached hydrogen (secondary N) is 1. The van der Waals surface area contributed by atoms with E-state index in [9.17, 15) is 0 Å². The maximum atomic E-state index is 5.95. The Balaban J connectivity index is 1.58. The number of hydrogen-bond donors (Lipinski definition) is 1. The minimum atomic E-state index is 0.130. The van der Waals surface area contributed by atoms with E-state index in [1.165, 1.54) is 5.56 Å². The van der Waals surface area contributed by atoms with Crippen molar-refractivity contribution in [3.05, 3.63) is 41.7 Å². The highest BCUT2D eigenvalue weighted by Crippen LogP contribution is 2.34. The second kappa shape index (κ2) is 8.36. The summed E-state index contributed by atoms with van der Waals surface area (Å²) in [7, 11) is 3.35. The van der Waals surface area contributed by atoms with Gasteiger partial charge in [0.1, 0.15) is 11.5 Å². The first-order chi connectivity index (χ1) is 12.2. The van der Waals surface area contributed by atoms with Crippen LogP contribution < -0.4 is 14.8 Å². The quantitative estimate of drug-likeness (QED) is 0.797. The van der Waals surface area contributed by atoms with Gasteiger partial charge in [-0.3, -0.25) is 4.68 Å². The van der Waals surface area contributed by atoms with Crippen molar-refractivity contribution >= 4 is 0 Å². The predicted molar refractivity (Wildman–Crippen MR) is 96.0 cm³/mol. The molecule has 0 bridgehead atoms. The summed E-state index contributed by atoms with van der Waals surface area (Å²) in [5.41, 5.74) is 2.30. The van der Waals surface area contributed by atoms with Gasteiger partial charge in [0.2, 0.25) is 0 Å². The van der Waals surface area contributed by atoms with Crippen LogP contribution in [0.15, 0.2) is 30.6 Å². The molecule has 0 saturated carbocycles. The fraction of sp³-hybridized carbons (Fsp3) is 0.526. The summed E-state index contributed by atoms with van der Waals surface area (Å²) < 4.78 is 18.6. The molecule has 1 aliphatic rings. The molecule has 1 aromatic heterocycles. The lowest BCUT2D eigenvalue weighted by molar-refractivity contribution is 0.0903. The molecule has 25 heavy (non-hydrogen) atoms. The summed E-state index contributed by atoms with van der Waals surface area (Å²) in [5, 5.41) is 7.92. The lowest BCUT2D eigenvalue weighted by atomic mass is 9.97. The summed E-state index contributed by atoms with van der Waals surface area (Å²) in [6.45, 7) is 5.43. The third kappa shape index (κ3) is 4.14. The van der Waals surface area contributed by atoms with Gasteiger partial charge in [0.05, 0.1) is 26.5 Å². The van der Waals surface area contributed by atoms with Crippen molar-refractivity contribution in [2.24, 2.45) is 5.92 Å². The Bertz CT molecular complexity index is 686. The first-order valence-electron chi connectivity index (χ1n) is 8.80. The Hall–Kier alpha value is -2.05. The molecule has 0 unspecified atom stereocenters. The first kappa shape index (κ1) is 17.8. The lowest BCUT2D eigenvalue weighted by Gasteiger charge is -2.18. The van der Waals surface area contributed by atoms with Crippen molar-refractivity contribution in [1.82, 2.24) is 15.1 Å². The van der Waals surface area contributed by atoms with Gasteiger partial charge >= 0.3 is 0 Å². The monoisotopic (exact) mass is 345 g/mol. The summed E-state index contributed by atoms with van der Waals surface area (Å²) in [6.07, 6.45) is 5.22. The highest BCUT2D eigenvalue weighted by atomic mass is 16.5. The van der Waals surface area contributed by atoms with Crippen molar-refractivity contribution in [1.29, 1.82) is 0 Å². The van der Waals surface area contributed by atoms with E-state index in [-0.39, 0.29) is 6.10 Å². The fourth-order valence-corrected chi connectivity index (χ4v) is 3.30. The number of rotatable bonds is 8. The average molecular weight is 345 g/mol. The van der Waals surface area contributed by atoms with Gasteiger partial charge in [-0.15, -0.1) is 0 Å². The minimum Gasteiger partial charge on any atom is -0.497 e. The van der Waals surface area contributed by atoms with Crippen molar-refractivity contribution in [3.8, 4) is 11.5 Å². The van der Waals surface area contributed by atoms with Gasteiger partial charge in [-0.2, -0.15) is 5.10 Å². The number of ether oxygens (including phenoxy) is 3. The first-order valence-corrected chi connectivity index (χ1v) is 8.80. The molecular weight excluding hydrogens is 318 g/mol. The van der Waals surface area contributed by atoms with Crippen molar-refractivity contribution in [3.63, 3.8) is 0 Å². The van der Waals surface area contributed by atoms with Gasteiger partial charge in [-0.1, -0.05) is 6.07 Å². The average Bonchev–Trinajstić information content (AvgIpc) is 3.30. The number of benzene rings is 1. The van der Waals surface area contributed by atoms with Crippen LogP contribution in [-0.4, -0.2) is 37.2 Å². The molecule has 2 atom stereocenters. The second-order valence-corrected chi connectivity index (χ2v) is 6.28. The standard InChI is InChI=1S/C19H27N3O3/c1-4-22-13-16(12-21-22)19-15(7-8-25-19)11-20-10-14-5-6-17(23-2)9-18(14)24-3/h5-6,9,12-13,15,19-20H,4,7-8,10-11H2,1-3H3/t15-,19-/m0/s1. The van der Waals surface area contributed by atoms with Gasteiger partial charge in [0, 0.05) is 55.5 Å². The smallest absolute Gasteiger partial charge is 0.127 e. The Morgan fingerprint density at radius 1 is 1.32 bits per heavy atom. The Labute approximate surface area is 149 Å². The van der Waals surface area contributed by atoms with Crippen LogP contribution in [0, 0.1) is 5.92 Å². The Morgan fingerprint density at radius 2 is 2.20 bits per heavy atom. The zero-order chi connectivity index (χ0) is 17.6. The maximum Gasteiger partial charge on any atom is 0.127 e. The van der Waals surface area contributed by atoms with Crippen molar-refractivity contribution in [2.75, 3.05) is 27.4 Å². The van der Waals surface area contributed by atoms with Crippen LogP contribution >= 0.6 is 0 Å². The number of aromatic nitrogens is 2. The molecule has 1 aliphatic heterocycles. The topological polar surface area (TPSA) is 57.5 Å². The van der Waals surface area contributed by atoms with E-state index in [1.54, 1.807) is 14.2 Å². The molecule has 1 fully saturated rings. The van der Waals surface area contributed by atoms with E-state index in [0.29, 0.717) is 5.92 Å². The van der Waals surface area contributed by atoms with Gasteiger partial charge in [-0.05, 0) is 19.4 Å². The molecule has 1 N–H and O–H groups in total. The van der Waals surface area contributed by atoms with Crippen LogP contribution in [-0.2, 0) is 17.8 Å². The van der Waals surface area contributed by atoms with E-state index in [4.69, 9.17) is 14.2 Å². The molecule has 1 aromatic carbocycles. The summed E-state index contributed by atoms with van der Waals surface area (Å²) in [4.78, 5) is 0. The highest BCUT2D eigenvalue weighted by molar-refractivity contribution is 5.40. The number of aryl methyl sites for hydroxylation is 1. The molecular formula is C19H27N3O3. The molecule has 0 amide bonds. The third-order valence-electron chi connectivity index (χ3n) is 4.74. The minimum absolute atomic E-state index is 0.130. The van der Waals surface area contributed by atoms with E-state index >= 15 is 0 Å². The summed E-state index contributed by atoms with van der Waals surface area (Å²) in [5.74, 6) is 2.10. The van der Waals surface area contributed by atoms with Crippen molar-refractivity contribution in [2.45, 2.75) is 32.5 Å².